The summed E-state index contributed by atoms with van der Waals surface area (Å²) in [6.45, 7) is 3.44. The van der Waals surface area contributed by atoms with Gasteiger partial charge in [-0.15, -0.1) is 12.6 Å². The Morgan fingerprint density at radius 2 is 2.00 bits per heavy atom. The number of Topliss-reactive ketones (excluding diaryl/α,β-unsaturated/α-hetero) is 1. The average Bonchev–Trinajstić information content (AvgIpc) is 2.32. The quantitative estimate of drug-likeness (QED) is 0.673. The third-order valence-electron chi connectivity index (χ3n) is 2.97. The van der Waals surface area contributed by atoms with E-state index in [4.69, 9.17) is 4.42 Å². The Kier molecular flexibility index (Phi) is 3.99. The highest BCUT2D eigenvalue weighted by molar-refractivity contribution is 7.80. The highest BCUT2D eigenvalue weighted by atomic mass is 32.1. The lowest BCUT2D eigenvalue weighted by molar-refractivity contribution is 0.0986. The second-order valence-electron chi connectivity index (χ2n) is 4.63. The molecule has 4 nitrogen and oxygen atoms in total. The first-order valence-corrected chi connectivity index (χ1v) is 6.48. The van der Waals surface area contributed by atoms with Crippen molar-refractivity contribution < 1.29 is 14.3 Å². The van der Waals surface area contributed by atoms with Gasteiger partial charge in [0.15, 0.2) is 5.78 Å². The van der Waals surface area contributed by atoms with Crippen LogP contribution in [0, 0.1) is 13.8 Å². The molecule has 1 aromatic carbocycles. The van der Waals surface area contributed by atoms with E-state index in [9.17, 15) is 14.7 Å². The van der Waals surface area contributed by atoms with Gasteiger partial charge < -0.3 is 9.52 Å². The van der Waals surface area contributed by atoms with Gasteiger partial charge in [-0.1, -0.05) is 12.1 Å². The average molecular weight is 290 g/mol. The summed E-state index contributed by atoms with van der Waals surface area (Å²) in [5.74, 6) is -0.563. The molecule has 0 aliphatic rings. The molecule has 0 radical (unpaired) electrons. The number of carbonyl (C=O) groups is 1. The van der Waals surface area contributed by atoms with Crippen LogP contribution in [-0.2, 0) is 6.42 Å². The molecule has 0 fully saturated rings. The van der Waals surface area contributed by atoms with E-state index < -0.39 is 11.4 Å². The number of hydrogen-bond donors (Lipinski definition) is 2. The van der Waals surface area contributed by atoms with Crippen LogP contribution in [-0.4, -0.2) is 10.9 Å². The Balaban J connectivity index is 2.33. The molecule has 1 N–H and O–H groups in total. The summed E-state index contributed by atoms with van der Waals surface area (Å²) < 4.78 is 4.84. The van der Waals surface area contributed by atoms with E-state index in [0.717, 1.165) is 16.0 Å². The van der Waals surface area contributed by atoms with Crippen LogP contribution in [0.1, 0.15) is 27.2 Å². The van der Waals surface area contributed by atoms with Crippen LogP contribution in [0.15, 0.2) is 38.4 Å². The smallest absolute Gasteiger partial charge is 0.350 e. The van der Waals surface area contributed by atoms with Crippen LogP contribution in [0.4, 0.5) is 0 Å². The lowest BCUT2D eigenvalue weighted by Gasteiger charge is -2.05. The van der Waals surface area contributed by atoms with Gasteiger partial charge in [-0.25, -0.2) is 4.79 Å². The molecule has 0 bridgehead atoms. The summed E-state index contributed by atoms with van der Waals surface area (Å²) in [6.07, 6.45) is 0.00915. The summed E-state index contributed by atoms with van der Waals surface area (Å²) in [4.78, 5) is 24.5. The molecule has 5 heteroatoms. The molecule has 1 aromatic heterocycles. The molecule has 0 aliphatic carbocycles. The van der Waals surface area contributed by atoms with Gasteiger partial charge in [0.25, 0.3) is 0 Å². The summed E-state index contributed by atoms with van der Waals surface area (Å²) >= 11 is 4.29. The molecular formula is C15H14O4S. The molecule has 0 saturated heterocycles. The van der Waals surface area contributed by atoms with E-state index in [1.165, 1.54) is 13.0 Å². The lowest BCUT2D eigenvalue weighted by Crippen LogP contribution is -2.16. The van der Waals surface area contributed by atoms with E-state index >= 15 is 0 Å². The fraction of sp³-hybridized carbons (Fsp3) is 0.200. The van der Waals surface area contributed by atoms with Gasteiger partial charge in [0.2, 0.25) is 0 Å². The molecular weight excluding hydrogens is 276 g/mol. The van der Waals surface area contributed by atoms with Crippen molar-refractivity contribution >= 4 is 18.4 Å². The standard InChI is InChI=1S/C15H14O4S/c1-8-3-4-10(7-13(8)20)6-12(17)14-11(16)5-9(2)19-15(14)18/h3-5,7,16,20H,6H2,1-2H3. The lowest BCUT2D eigenvalue weighted by atomic mass is 10.0. The normalized spacial score (nSPS) is 10.6. The molecule has 0 unspecified atom stereocenters. The van der Waals surface area contributed by atoms with E-state index in [2.05, 4.69) is 12.6 Å². The van der Waals surface area contributed by atoms with E-state index in [-0.39, 0.29) is 23.5 Å². The third-order valence-corrected chi connectivity index (χ3v) is 3.45. The van der Waals surface area contributed by atoms with Crippen molar-refractivity contribution in [2.75, 3.05) is 0 Å². The minimum absolute atomic E-state index is 0.00915. The van der Waals surface area contributed by atoms with Crippen molar-refractivity contribution in [2.45, 2.75) is 25.2 Å². The first-order chi connectivity index (χ1) is 9.38. The fourth-order valence-electron chi connectivity index (χ4n) is 1.89. The molecule has 0 atom stereocenters. The Morgan fingerprint density at radius 1 is 1.30 bits per heavy atom. The first kappa shape index (κ1) is 14.4. The van der Waals surface area contributed by atoms with Crippen molar-refractivity contribution in [2.24, 2.45) is 0 Å². The molecule has 0 aliphatic heterocycles. The number of thiol groups is 1. The summed E-state index contributed by atoms with van der Waals surface area (Å²) in [5, 5.41) is 9.72. The number of aromatic hydroxyl groups is 1. The van der Waals surface area contributed by atoms with Crippen LogP contribution in [0.3, 0.4) is 0 Å². The number of benzene rings is 1. The topological polar surface area (TPSA) is 67.5 Å². The highest BCUT2D eigenvalue weighted by Crippen LogP contribution is 2.19. The largest absolute Gasteiger partial charge is 0.507 e. The Morgan fingerprint density at radius 3 is 2.60 bits per heavy atom. The molecule has 104 valence electrons. The zero-order valence-corrected chi connectivity index (χ0v) is 12.0. The van der Waals surface area contributed by atoms with Crippen molar-refractivity contribution in [3.63, 3.8) is 0 Å². The third kappa shape index (κ3) is 2.93. The maximum absolute atomic E-state index is 12.1. The first-order valence-electron chi connectivity index (χ1n) is 6.04. The monoisotopic (exact) mass is 290 g/mol. The van der Waals surface area contributed by atoms with Crippen molar-refractivity contribution in [3.05, 3.63) is 57.1 Å². The second-order valence-corrected chi connectivity index (χ2v) is 5.11. The molecule has 0 saturated carbocycles. The maximum atomic E-state index is 12.1. The maximum Gasteiger partial charge on any atom is 0.350 e. The number of hydrogen-bond acceptors (Lipinski definition) is 5. The molecule has 2 aromatic rings. The summed E-state index contributed by atoms with van der Waals surface area (Å²) in [6, 6.07) is 6.67. The second kappa shape index (κ2) is 5.54. The zero-order valence-electron chi connectivity index (χ0n) is 11.1. The van der Waals surface area contributed by atoms with E-state index in [0.29, 0.717) is 0 Å². The zero-order chi connectivity index (χ0) is 14.9. The number of aryl methyl sites for hydroxylation is 2. The molecule has 20 heavy (non-hydrogen) atoms. The molecule has 1 heterocycles. The fourth-order valence-corrected chi connectivity index (χ4v) is 2.13. The SMILES string of the molecule is Cc1cc(O)c(C(=O)Cc2ccc(C)c(S)c2)c(=O)o1. The van der Waals surface area contributed by atoms with Gasteiger partial charge in [-0.05, 0) is 31.0 Å². The molecule has 0 amide bonds. The van der Waals surface area contributed by atoms with E-state index in [1.807, 2.05) is 13.0 Å². The minimum Gasteiger partial charge on any atom is -0.507 e. The number of rotatable bonds is 3. The van der Waals surface area contributed by atoms with Gasteiger partial charge in [0, 0.05) is 17.4 Å². The van der Waals surface area contributed by atoms with E-state index in [1.54, 1.807) is 12.1 Å². The van der Waals surface area contributed by atoms with Crippen LogP contribution >= 0.6 is 12.6 Å². The van der Waals surface area contributed by atoms with Gasteiger partial charge in [0.05, 0.1) is 0 Å². The van der Waals surface area contributed by atoms with Crippen LogP contribution < -0.4 is 5.63 Å². The summed E-state index contributed by atoms with van der Waals surface area (Å²) in [5.41, 5.74) is 0.606. The van der Waals surface area contributed by atoms with Crippen molar-refractivity contribution in [1.29, 1.82) is 0 Å². The van der Waals surface area contributed by atoms with Crippen LogP contribution in [0.5, 0.6) is 5.75 Å². The highest BCUT2D eigenvalue weighted by Gasteiger charge is 2.18. The Labute approximate surface area is 121 Å². The molecule has 2 rings (SSSR count). The molecule has 0 spiro atoms. The van der Waals surface area contributed by atoms with Crippen LogP contribution in [0.2, 0.25) is 0 Å². The van der Waals surface area contributed by atoms with Crippen LogP contribution in [0.25, 0.3) is 0 Å². The van der Waals surface area contributed by atoms with Gasteiger partial charge in [0.1, 0.15) is 17.1 Å². The van der Waals surface area contributed by atoms with Gasteiger partial charge >= 0.3 is 5.63 Å². The van der Waals surface area contributed by atoms with Crippen molar-refractivity contribution in [3.8, 4) is 5.75 Å². The van der Waals surface area contributed by atoms with Crippen molar-refractivity contribution in [1.82, 2.24) is 0 Å². The predicted molar refractivity (Wildman–Crippen MR) is 77.8 cm³/mol. The van der Waals surface area contributed by atoms with Gasteiger partial charge in [-0.3, -0.25) is 4.79 Å². The predicted octanol–water partition coefficient (Wildman–Crippen LogP) is 2.68. The van der Waals surface area contributed by atoms with Gasteiger partial charge in [-0.2, -0.15) is 0 Å². The number of carbonyl (C=O) groups excluding carboxylic acids is 1. The Hall–Kier alpha value is -2.01. The summed E-state index contributed by atoms with van der Waals surface area (Å²) in [7, 11) is 0. The number of ketones is 1. The Bertz CT molecular complexity index is 731. The minimum atomic E-state index is -0.814.